The summed E-state index contributed by atoms with van der Waals surface area (Å²) >= 11 is 0. The maximum Gasteiger partial charge on any atom is 0.0446 e. The van der Waals surface area contributed by atoms with Gasteiger partial charge in [0.15, 0.2) is 0 Å². The van der Waals surface area contributed by atoms with Crippen LogP contribution in [0.1, 0.15) is 32.6 Å². The van der Waals surface area contributed by atoms with Crippen LogP contribution in [0.2, 0.25) is 0 Å². The SMILES string of the molecule is CCN(CC1CCCCCN1)c1cccc2ccccc12. The van der Waals surface area contributed by atoms with Gasteiger partial charge in [-0.1, -0.05) is 49.2 Å². The summed E-state index contributed by atoms with van der Waals surface area (Å²) in [6.45, 7) is 5.62. The highest BCUT2D eigenvalue weighted by Gasteiger charge is 2.16. The number of hydrogen-bond donors (Lipinski definition) is 1. The predicted molar refractivity (Wildman–Crippen MR) is 92.1 cm³/mol. The van der Waals surface area contributed by atoms with E-state index in [0.717, 1.165) is 13.1 Å². The standard InChI is InChI=1S/C19H26N2/c1-2-21(15-17-11-4-3-7-14-20-17)19-13-8-10-16-9-5-6-12-18(16)19/h5-6,8-10,12-13,17,20H,2-4,7,11,14-15H2,1H3. The Balaban J connectivity index is 1.84. The van der Waals surface area contributed by atoms with Crippen LogP contribution in [0.25, 0.3) is 10.8 Å². The van der Waals surface area contributed by atoms with E-state index in [1.54, 1.807) is 0 Å². The summed E-state index contributed by atoms with van der Waals surface area (Å²) in [5.74, 6) is 0. The van der Waals surface area contributed by atoms with Gasteiger partial charge >= 0.3 is 0 Å². The fourth-order valence-electron chi connectivity index (χ4n) is 3.40. The zero-order chi connectivity index (χ0) is 14.5. The molecule has 21 heavy (non-hydrogen) atoms. The first-order chi connectivity index (χ1) is 10.4. The zero-order valence-electron chi connectivity index (χ0n) is 13.0. The molecule has 112 valence electrons. The molecule has 0 amide bonds. The van der Waals surface area contributed by atoms with Crippen LogP contribution in [-0.4, -0.2) is 25.7 Å². The lowest BCUT2D eigenvalue weighted by molar-refractivity contribution is 0.503. The number of anilines is 1. The van der Waals surface area contributed by atoms with Crippen LogP contribution < -0.4 is 10.2 Å². The maximum absolute atomic E-state index is 3.72. The van der Waals surface area contributed by atoms with E-state index in [2.05, 4.69) is 59.6 Å². The fourth-order valence-corrected chi connectivity index (χ4v) is 3.40. The molecule has 1 heterocycles. The molecule has 1 saturated heterocycles. The zero-order valence-corrected chi connectivity index (χ0v) is 13.0. The quantitative estimate of drug-likeness (QED) is 0.904. The molecule has 1 unspecified atom stereocenters. The van der Waals surface area contributed by atoms with Crippen molar-refractivity contribution in [2.45, 2.75) is 38.6 Å². The van der Waals surface area contributed by atoms with E-state index in [1.807, 2.05) is 0 Å². The molecule has 0 spiro atoms. The molecule has 2 heteroatoms. The molecule has 1 atom stereocenters. The molecule has 1 aliphatic heterocycles. The van der Waals surface area contributed by atoms with E-state index < -0.39 is 0 Å². The van der Waals surface area contributed by atoms with Gasteiger partial charge in [-0.3, -0.25) is 0 Å². The van der Waals surface area contributed by atoms with Crippen LogP contribution in [-0.2, 0) is 0 Å². The lowest BCUT2D eigenvalue weighted by atomic mass is 10.1. The first kappa shape index (κ1) is 14.4. The van der Waals surface area contributed by atoms with Gasteiger partial charge in [-0.2, -0.15) is 0 Å². The van der Waals surface area contributed by atoms with E-state index in [0.29, 0.717) is 6.04 Å². The molecule has 0 saturated carbocycles. The number of nitrogens with zero attached hydrogens (tertiary/aromatic N) is 1. The van der Waals surface area contributed by atoms with Crippen molar-refractivity contribution in [3.63, 3.8) is 0 Å². The van der Waals surface area contributed by atoms with E-state index in [1.165, 1.54) is 48.7 Å². The average Bonchev–Trinajstić information content (AvgIpc) is 2.81. The highest BCUT2D eigenvalue weighted by atomic mass is 15.2. The first-order valence-corrected chi connectivity index (χ1v) is 8.34. The second-order valence-corrected chi connectivity index (χ2v) is 6.04. The highest BCUT2D eigenvalue weighted by molar-refractivity contribution is 5.94. The third kappa shape index (κ3) is 3.38. The topological polar surface area (TPSA) is 15.3 Å². The molecule has 0 aliphatic carbocycles. The van der Waals surface area contributed by atoms with E-state index in [9.17, 15) is 0 Å². The van der Waals surface area contributed by atoms with E-state index in [-0.39, 0.29) is 0 Å². The molecule has 3 rings (SSSR count). The van der Waals surface area contributed by atoms with Crippen LogP contribution in [0.15, 0.2) is 42.5 Å². The largest absolute Gasteiger partial charge is 0.370 e. The first-order valence-electron chi connectivity index (χ1n) is 8.34. The minimum Gasteiger partial charge on any atom is -0.370 e. The Morgan fingerprint density at radius 2 is 1.90 bits per heavy atom. The van der Waals surface area contributed by atoms with Gasteiger partial charge in [0.2, 0.25) is 0 Å². The van der Waals surface area contributed by atoms with Gasteiger partial charge in [-0.15, -0.1) is 0 Å². The summed E-state index contributed by atoms with van der Waals surface area (Å²) in [4.78, 5) is 2.53. The lowest BCUT2D eigenvalue weighted by Gasteiger charge is -2.29. The minimum atomic E-state index is 0.631. The smallest absolute Gasteiger partial charge is 0.0446 e. The van der Waals surface area contributed by atoms with Gasteiger partial charge in [0.05, 0.1) is 0 Å². The second-order valence-electron chi connectivity index (χ2n) is 6.04. The van der Waals surface area contributed by atoms with Crippen molar-refractivity contribution in [3.8, 4) is 0 Å². The van der Waals surface area contributed by atoms with Crippen LogP contribution in [0, 0.1) is 0 Å². The summed E-state index contributed by atoms with van der Waals surface area (Å²) in [5, 5.41) is 6.43. The highest BCUT2D eigenvalue weighted by Crippen LogP contribution is 2.27. The predicted octanol–water partition coefficient (Wildman–Crippen LogP) is 4.20. The number of likely N-dealkylation sites (N-methyl/N-ethyl adjacent to an activating group) is 1. The van der Waals surface area contributed by atoms with Crippen LogP contribution in [0.5, 0.6) is 0 Å². The number of hydrogen-bond acceptors (Lipinski definition) is 2. The molecule has 2 aromatic carbocycles. The normalized spacial score (nSPS) is 19.4. The Kier molecular flexibility index (Phi) is 4.76. The Hall–Kier alpha value is -1.54. The van der Waals surface area contributed by atoms with Crippen molar-refractivity contribution < 1.29 is 0 Å². The summed E-state index contributed by atoms with van der Waals surface area (Å²) in [7, 11) is 0. The van der Waals surface area contributed by atoms with Crippen molar-refractivity contribution >= 4 is 16.5 Å². The molecule has 1 fully saturated rings. The van der Waals surface area contributed by atoms with Gasteiger partial charge in [0.25, 0.3) is 0 Å². The Morgan fingerprint density at radius 1 is 1.05 bits per heavy atom. The third-order valence-electron chi connectivity index (χ3n) is 4.59. The summed E-state index contributed by atoms with van der Waals surface area (Å²) in [5.41, 5.74) is 1.38. The van der Waals surface area contributed by atoms with Crippen LogP contribution in [0.3, 0.4) is 0 Å². The average molecular weight is 282 g/mol. The molecule has 0 aromatic heterocycles. The van der Waals surface area contributed by atoms with Gasteiger partial charge in [0, 0.05) is 30.2 Å². The molecular formula is C19H26N2. The Labute approximate surface area is 128 Å². The molecule has 1 N–H and O–H groups in total. The molecule has 0 radical (unpaired) electrons. The molecule has 1 aliphatic rings. The van der Waals surface area contributed by atoms with Crippen molar-refractivity contribution in [3.05, 3.63) is 42.5 Å². The van der Waals surface area contributed by atoms with Crippen LogP contribution >= 0.6 is 0 Å². The minimum absolute atomic E-state index is 0.631. The maximum atomic E-state index is 3.72. The van der Waals surface area contributed by atoms with Crippen molar-refractivity contribution in [2.24, 2.45) is 0 Å². The molecular weight excluding hydrogens is 256 g/mol. The monoisotopic (exact) mass is 282 g/mol. The van der Waals surface area contributed by atoms with E-state index >= 15 is 0 Å². The fraction of sp³-hybridized carbons (Fsp3) is 0.474. The second kappa shape index (κ2) is 6.95. The molecule has 0 bridgehead atoms. The number of fused-ring (bicyclic) bond motifs is 1. The number of benzene rings is 2. The summed E-state index contributed by atoms with van der Waals surface area (Å²) < 4.78 is 0. The van der Waals surface area contributed by atoms with Crippen molar-refractivity contribution in [1.82, 2.24) is 5.32 Å². The number of rotatable bonds is 4. The van der Waals surface area contributed by atoms with E-state index in [4.69, 9.17) is 0 Å². The number of nitrogens with one attached hydrogen (secondary N) is 1. The Bertz CT molecular complexity index is 565. The van der Waals surface area contributed by atoms with Gasteiger partial charge in [-0.05, 0) is 37.8 Å². The van der Waals surface area contributed by atoms with Gasteiger partial charge in [0.1, 0.15) is 0 Å². The molecule has 2 aromatic rings. The summed E-state index contributed by atoms with van der Waals surface area (Å²) in [6.07, 6.45) is 5.38. The summed E-state index contributed by atoms with van der Waals surface area (Å²) in [6, 6.07) is 16.0. The lowest BCUT2D eigenvalue weighted by Crippen LogP contribution is -2.40. The Morgan fingerprint density at radius 3 is 2.81 bits per heavy atom. The third-order valence-corrected chi connectivity index (χ3v) is 4.59. The van der Waals surface area contributed by atoms with Crippen molar-refractivity contribution in [1.29, 1.82) is 0 Å². The van der Waals surface area contributed by atoms with Gasteiger partial charge < -0.3 is 10.2 Å². The molecule has 2 nitrogen and oxygen atoms in total. The van der Waals surface area contributed by atoms with Gasteiger partial charge in [-0.25, -0.2) is 0 Å². The van der Waals surface area contributed by atoms with Crippen molar-refractivity contribution in [2.75, 3.05) is 24.5 Å². The van der Waals surface area contributed by atoms with Crippen LogP contribution in [0.4, 0.5) is 5.69 Å².